The fourth-order valence-electron chi connectivity index (χ4n) is 4.12. The summed E-state index contributed by atoms with van der Waals surface area (Å²) in [5.41, 5.74) is 2.43. The second-order valence-corrected chi connectivity index (χ2v) is 8.17. The lowest BCUT2D eigenvalue weighted by molar-refractivity contribution is -0.130. The summed E-state index contributed by atoms with van der Waals surface area (Å²) >= 11 is 0. The first-order valence-corrected chi connectivity index (χ1v) is 11.0. The van der Waals surface area contributed by atoms with Crippen LogP contribution in [-0.2, 0) is 20.9 Å². The number of para-hydroxylation sites is 1. The molecule has 2 fully saturated rings. The molecule has 2 aromatic carbocycles. The maximum absolute atomic E-state index is 13.2. The van der Waals surface area contributed by atoms with Crippen molar-refractivity contribution in [2.24, 2.45) is 0 Å². The van der Waals surface area contributed by atoms with E-state index in [1.807, 2.05) is 18.2 Å². The van der Waals surface area contributed by atoms with E-state index in [1.54, 1.807) is 11.9 Å². The van der Waals surface area contributed by atoms with Crippen molar-refractivity contribution in [3.63, 3.8) is 0 Å². The van der Waals surface area contributed by atoms with Crippen molar-refractivity contribution in [2.45, 2.75) is 25.4 Å². The highest BCUT2D eigenvalue weighted by Gasteiger charge is 2.39. The van der Waals surface area contributed by atoms with Crippen LogP contribution in [0.15, 0.2) is 48.5 Å². The van der Waals surface area contributed by atoms with Crippen molar-refractivity contribution in [1.29, 1.82) is 0 Å². The van der Waals surface area contributed by atoms with Crippen LogP contribution < -0.4 is 15.1 Å². The molecule has 33 heavy (non-hydrogen) atoms. The quantitative estimate of drug-likeness (QED) is 0.651. The van der Waals surface area contributed by atoms with E-state index >= 15 is 0 Å². The van der Waals surface area contributed by atoms with Gasteiger partial charge in [-0.05, 0) is 42.3 Å². The van der Waals surface area contributed by atoms with Crippen molar-refractivity contribution < 1.29 is 23.5 Å². The highest BCUT2D eigenvalue weighted by Crippen LogP contribution is 2.24. The number of rotatable bonds is 7. The lowest BCUT2D eigenvalue weighted by Gasteiger charge is -2.31. The summed E-state index contributed by atoms with van der Waals surface area (Å²) in [6.07, 6.45) is 0.306. The third kappa shape index (κ3) is 5.14. The lowest BCUT2D eigenvalue weighted by atomic mass is 10.1. The average Bonchev–Trinajstić information content (AvgIpc) is 3.12. The van der Waals surface area contributed by atoms with Crippen LogP contribution in [0.4, 0.5) is 20.6 Å². The number of ether oxygens (including phenoxy) is 1. The molecule has 2 aromatic rings. The van der Waals surface area contributed by atoms with Crippen LogP contribution in [-0.4, -0.2) is 62.1 Å². The number of amides is 4. The van der Waals surface area contributed by atoms with Gasteiger partial charge in [0.1, 0.15) is 11.9 Å². The zero-order valence-electron chi connectivity index (χ0n) is 18.5. The van der Waals surface area contributed by atoms with Gasteiger partial charge in [-0.3, -0.25) is 9.59 Å². The number of carbonyl (C=O) groups is 3. The normalized spacial score (nSPS) is 18.4. The van der Waals surface area contributed by atoms with E-state index in [2.05, 4.69) is 16.3 Å². The van der Waals surface area contributed by atoms with Gasteiger partial charge in [0.2, 0.25) is 5.91 Å². The van der Waals surface area contributed by atoms with E-state index in [9.17, 15) is 18.8 Å². The fraction of sp³-hybridized carbons (Fsp3) is 0.375. The van der Waals surface area contributed by atoms with E-state index in [-0.39, 0.29) is 18.7 Å². The highest BCUT2D eigenvalue weighted by molar-refractivity contribution is 6.21. The Kier molecular flexibility index (Phi) is 6.88. The van der Waals surface area contributed by atoms with Gasteiger partial charge in [-0.25, -0.2) is 14.1 Å². The maximum Gasteiger partial charge on any atom is 0.329 e. The smallest absolute Gasteiger partial charge is 0.329 e. The molecular weight excluding hydrogens is 427 g/mol. The molecule has 0 spiro atoms. The largest absolute Gasteiger partial charge is 0.378 e. The molecule has 0 saturated carbocycles. The molecule has 2 saturated heterocycles. The van der Waals surface area contributed by atoms with Crippen LogP contribution >= 0.6 is 0 Å². The fourth-order valence-corrected chi connectivity index (χ4v) is 4.12. The van der Waals surface area contributed by atoms with Crippen molar-refractivity contribution in [3.05, 3.63) is 59.9 Å². The molecule has 2 aliphatic rings. The number of anilines is 2. The first kappa shape index (κ1) is 22.7. The summed E-state index contributed by atoms with van der Waals surface area (Å²) in [6.45, 7) is 3.42. The monoisotopic (exact) mass is 454 g/mol. The molecule has 0 aromatic heterocycles. The molecule has 0 radical (unpaired) electrons. The second-order valence-electron chi connectivity index (χ2n) is 8.17. The number of carbonyl (C=O) groups excluding carboxylic acids is 3. The van der Waals surface area contributed by atoms with Gasteiger partial charge in [-0.15, -0.1) is 0 Å². The Balaban J connectivity index is 1.34. The lowest BCUT2D eigenvalue weighted by Crippen LogP contribution is -2.37. The molecule has 4 amide bonds. The summed E-state index contributed by atoms with van der Waals surface area (Å²) in [5.74, 6) is -1.01. The van der Waals surface area contributed by atoms with Crippen molar-refractivity contribution >= 4 is 29.2 Å². The Morgan fingerprint density at radius 2 is 1.82 bits per heavy atom. The van der Waals surface area contributed by atoms with E-state index in [1.165, 1.54) is 24.3 Å². The number of halogens is 1. The van der Waals surface area contributed by atoms with E-state index < -0.39 is 23.8 Å². The summed E-state index contributed by atoms with van der Waals surface area (Å²) in [4.78, 5) is 42.6. The number of nitrogens with zero attached hydrogens (tertiary/aromatic N) is 3. The Hall–Kier alpha value is -3.46. The number of imide groups is 1. The van der Waals surface area contributed by atoms with E-state index in [4.69, 9.17) is 4.74 Å². The summed E-state index contributed by atoms with van der Waals surface area (Å²) < 4.78 is 18.6. The Bertz CT molecular complexity index is 1020. The van der Waals surface area contributed by atoms with Gasteiger partial charge in [0.05, 0.1) is 18.9 Å². The zero-order valence-corrected chi connectivity index (χ0v) is 18.5. The summed E-state index contributed by atoms with van der Waals surface area (Å²) in [6, 6.07) is 11.8. The van der Waals surface area contributed by atoms with Gasteiger partial charge in [0, 0.05) is 38.8 Å². The minimum absolute atomic E-state index is 0.115. The molecule has 0 bridgehead atoms. The number of benzene rings is 2. The number of hydrogen-bond acceptors (Lipinski definition) is 5. The Morgan fingerprint density at radius 1 is 1.12 bits per heavy atom. The van der Waals surface area contributed by atoms with Gasteiger partial charge >= 0.3 is 6.03 Å². The molecule has 8 nitrogen and oxygen atoms in total. The van der Waals surface area contributed by atoms with Crippen LogP contribution in [0.5, 0.6) is 0 Å². The second kappa shape index (κ2) is 9.99. The van der Waals surface area contributed by atoms with Crippen molar-refractivity contribution in [2.75, 3.05) is 43.2 Å². The molecule has 2 aliphatic heterocycles. The molecule has 174 valence electrons. The molecule has 4 rings (SSSR count). The van der Waals surface area contributed by atoms with Crippen LogP contribution in [0.25, 0.3) is 0 Å². The average molecular weight is 455 g/mol. The predicted molar refractivity (Wildman–Crippen MR) is 121 cm³/mol. The van der Waals surface area contributed by atoms with E-state index in [0.717, 1.165) is 29.2 Å². The molecular formula is C24H27FN4O4. The van der Waals surface area contributed by atoms with Gasteiger partial charge in [0.25, 0.3) is 5.91 Å². The summed E-state index contributed by atoms with van der Waals surface area (Å²) in [7, 11) is 1.73. The Labute approximate surface area is 191 Å². The molecule has 1 N–H and O–H groups in total. The molecule has 0 aliphatic carbocycles. The van der Waals surface area contributed by atoms with Crippen molar-refractivity contribution in [3.8, 4) is 0 Å². The molecule has 1 atom stereocenters. The van der Waals surface area contributed by atoms with Gasteiger partial charge in [-0.2, -0.15) is 0 Å². The first-order chi connectivity index (χ1) is 15.9. The van der Waals surface area contributed by atoms with Gasteiger partial charge in [-0.1, -0.05) is 18.2 Å². The number of urea groups is 1. The van der Waals surface area contributed by atoms with Crippen LogP contribution in [0, 0.1) is 5.82 Å². The number of morpholine rings is 1. The minimum atomic E-state index is -0.791. The van der Waals surface area contributed by atoms with E-state index in [0.29, 0.717) is 25.4 Å². The summed E-state index contributed by atoms with van der Waals surface area (Å²) in [5, 5.41) is 2.62. The molecule has 0 unspecified atom stereocenters. The Morgan fingerprint density at radius 3 is 2.55 bits per heavy atom. The van der Waals surface area contributed by atoms with Gasteiger partial charge < -0.3 is 19.9 Å². The van der Waals surface area contributed by atoms with Crippen molar-refractivity contribution in [1.82, 2.24) is 10.2 Å². The first-order valence-electron chi connectivity index (χ1n) is 11.0. The zero-order chi connectivity index (χ0) is 23.4. The minimum Gasteiger partial charge on any atom is -0.378 e. The topological polar surface area (TPSA) is 82.2 Å². The maximum atomic E-state index is 13.2. The number of nitrogens with one attached hydrogen (secondary N) is 1. The highest BCUT2D eigenvalue weighted by atomic mass is 19.1. The van der Waals surface area contributed by atoms with Crippen LogP contribution in [0.2, 0.25) is 0 Å². The molecule has 2 heterocycles. The standard InChI is InChI=1S/C24H27FN4O4/c1-27(16-17-4-2-3-5-21(17)28-12-14-33-15-13-28)22(30)11-10-20-23(31)29(24(32)26-20)19-8-6-18(25)7-9-19/h2-9,20H,10-16H2,1H3,(H,26,32)/t20-/m1/s1. The SMILES string of the molecule is CN(Cc1ccccc1N1CCOCC1)C(=O)CC[C@H]1NC(=O)N(c2ccc(F)cc2)C1=O. The van der Waals surface area contributed by atoms with Crippen LogP contribution in [0.1, 0.15) is 18.4 Å². The van der Waals surface area contributed by atoms with Crippen LogP contribution in [0.3, 0.4) is 0 Å². The predicted octanol–water partition coefficient (Wildman–Crippen LogP) is 2.53. The third-order valence-corrected chi connectivity index (χ3v) is 5.93. The third-order valence-electron chi connectivity index (χ3n) is 5.93. The number of hydrogen-bond donors (Lipinski definition) is 1. The van der Waals surface area contributed by atoms with Gasteiger partial charge in [0.15, 0.2) is 0 Å². The molecule has 9 heteroatoms.